The predicted molar refractivity (Wildman–Crippen MR) is 74.2 cm³/mol. The molecule has 7 nitrogen and oxygen atoms in total. The van der Waals surface area contributed by atoms with Crippen molar-refractivity contribution in [2.45, 2.75) is 18.7 Å². The summed E-state index contributed by atoms with van der Waals surface area (Å²) >= 11 is 0. The number of aromatic nitrogens is 3. The van der Waals surface area contributed by atoms with Gasteiger partial charge in [0, 0.05) is 19.3 Å². The van der Waals surface area contributed by atoms with Gasteiger partial charge in [0.2, 0.25) is 0 Å². The molecule has 0 fully saturated rings. The van der Waals surface area contributed by atoms with E-state index in [1.807, 2.05) is 0 Å². The van der Waals surface area contributed by atoms with Crippen LogP contribution in [0.15, 0.2) is 29.4 Å². The highest BCUT2D eigenvalue weighted by Crippen LogP contribution is 2.24. The fraction of sp³-hybridized carbons (Fsp3) is 0.333. The summed E-state index contributed by atoms with van der Waals surface area (Å²) in [7, 11) is -2.11. The molecular formula is C12H16N4O3S. The number of aryl methyl sites for hydroxylation is 2. The SMILES string of the molecule is CCOc1ccncc1S(=O)(=O)Nc1cc(C)nn1C. The van der Waals surface area contributed by atoms with E-state index in [-0.39, 0.29) is 10.6 Å². The molecule has 0 aliphatic rings. The molecule has 20 heavy (non-hydrogen) atoms. The van der Waals surface area contributed by atoms with Crippen molar-refractivity contribution < 1.29 is 13.2 Å². The summed E-state index contributed by atoms with van der Waals surface area (Å²) in [6.45, 7) is 3.94. The molecular weight excluding hydrogens is 280 g/mol. The van der Waals surface area contributed by atoms with Gasteiger partial charge in [0.25, 0.3) is 10.0 Å². The highest BCUT2D eigenvalue weighted by molar-refractivity contribution is 7.92. The van der Waals surface area contributed by atoms with Crippen LogP contribution in [0.1, 0.15) is 12.6 Å². The minimum Gasteiger partial charge on any atom is -0.492 e. The molecule has 2 aromatic heterocycles. The summed E-state index contributed by atoms with van der Waals surface area (Å²) in [5.41, 5.74) is 0.724. The maximum atomic E-state index is 12.4. The molecule has 0 aliphatic carbocycles. The van der Waals surface area contributed by atoms with Crippen molar-refractivity contribution in [1.29, 1.82) is 0 Å². The topological polar surface area (TPSA) is 86.1 Å². The molecule has 0 radical (unpaired) electrons. The number of nitrogens with one attached hydrogen (secondary N) is 1. The Kier molecular flexibility index (Phi) is 3.93. The number of pyridine rings is 1. The van der Waals surface area contributed by atoms with E-state index in [9.17, 15) is 8.42 Å². The van der Waals surface area contributed by atoms with Crippen LogP contribution in [0.2, 0.25) is 0 Å². The summed E-state index contributed by atoms with van der Waals surface area (Å²) in [6.07, 6.45) is 2.74. The molecule has 2 aromatic rings. The van der Waals surface area contributed by atoms with Gasteiger partial charge in [-0.3, -0.25) is 14.4 Å². The third-order valence-electron chi connectivity index (χ3n) is 2.58. The quantitative estimate of drug-likeness (QED) is 0.899. The van der Waals surface area contributed by atoms with Crippen LogP contribution in [0.25, 0.3) is 0 Å². The summed E-state index contributed by atoms with van der Waals surface area (Å²) < 4.78 is 34.0. The largest absolute Gasteiger partial charge is 0.492 e. The molecule has 0 amide bonds. The van der Waals surface area contributed by atoms with Gasteiger partial charge in [-0.15, -0.1) is 0 Å². The molecule has 0 aliphatic heterocycles. The first-order chi connectivity index (χ1) is 9.44. The molecule has 0 bridgehead atoms. The van der Waals surface area contributed by atoms with Crippen LogP contribution in [0.5, 0.6) is 5.75 Å². The molecule has 0 unspecified atom stereocenters. The monoisotopic (exact) mass is 296 g/mol. The predicted octanol–water partition coefficient (Wildman–Crippen LogP) is 1.32. The number of anilines is 1. The summed E-state index contributed by atoms with van der Waals surface area (Å²) in [4.78, 5) is 3.84. The Morgan fingerprint density at radius 2 is 2.20 bits per heavy atom. The molecule has 8 heteroatoms. The van der Waals surface area contributed by atoms with Gasteiger partial charge in [0.1, 0.15) is 16.5 Å². The lowest BCUT2D eigenvalue weighted by Crippen LogP contribution is -2.16. The number of ether oxygens (including phenoxy) is 1. The van der Waals surface area contributed by atoms with Crippen LogP contribution in [-0.2, 0) is 17.1 Å². The number of hydrogen-bond acceptors (Lipinski definition) is 5. The minimum atomic E-state index is -3.77. The third-order valence-corrected chi connectivity index (χ3v) is 3.94. The lowest BCUT2D eigenvalue weighted by molar-refractivity contribution is 0.330. The van der Waals surface area contributed by atoms with Crippen molar-refractivity contribution in [3.63, 3.8) is 0 Å². The number of rotatable bonds is 5. The first kappa shape index (κ1) is 14.3. The second-order valence-electron chi connectivity index (χ2n) is 4.16. The van der Waals surface area contributed by atoms with Gasteiger partial charge < -0.3 is 4.74 Å². The van der Waals surface area contributed by atoms with E-state index < -0.39 is 10.0 Å². The van der Waals surface area contributed by atoms with Crippen molar-refractivity contribution in [3.05, 3.63) is 30.2 Å². The van der Waals surface area contributed by atoms with Crippen LogP contribution >= 0.6 is 0 Å². The second-order valence-corrected chi connectivity index (χ2v) is 5.81. The average molecular weight is 296 g/mol. The van der Waals surface area contributed by atoms with Gasteiger partial charge >= 0.3 is 0 Å². The van der Waals surface area contributed by atoms with Crippen LogP contribution < -0.4 is 9.46 Å². The Labute approximate surface area is 117 Å². The Hall–Kier alpha value is -2.09. The third kappa shape index (κ3) is 2.90. The van der Waals surface area contributed by atoms with Crippen LogP contribution in [0, 0.1) is 6.92 Å². The summed E-state index contributed by atoms with van der Waals surface area (Å²) in [5, 5.41) is 4.09. The molecule has 2 heterocycles. The molecule has 108 valence electrons. The van der Waals surface area contributed by atoms with E-state index in [1.165, 1.54) is 23.1 Å². The second kappa shape index (κ2) is 5.49. The number of sulfonamides is 1. The van der Waals surface area contributed by atoms with Crippen LogP contribution in [-0.4, -0.2) is 29.8 Å². The average Bonchev–Trinajstić information content (AvgIpc) is 2.68. The lowest BCUT2D eigenvalue weighted by Gasteiger charge is -2.11. The smallest absolute Gasteiger partial charge is 0.268 e. The molecule has 1 N–H and O–H groups in total. The maximum Gasteiger partial charge on any atom is 0.268 e. The number of nitrogens with zero attached hydrogens (tertiary/aromatic N) is 3. The first-order valence-electron chi connectivity index (χ1n) is 6.04. The van der Waals surface area contributed by atoms with E-state index in [2.05, 4.69) is 14.8 Å². The van der Waals surface area contributed by atoms with Gasteiger partial charge in [-0.1, -0.05) is 0 Å². The Morgan fingerprint density at radius 3 is 2.80 bits per heavy atom. The zero-order valence-corrected chi connectivity index (χ0v) is 12.3. The van der Waals surface area contributed by atoms with Crippen LogP contribution in [0.4, 0.5) is 5.82 Å². The van der Waals surface area contributed by atoms with Gasteiger partial charge in [-0.25, -0.2) is 8.42 Å². The standard InChI is InChI=1S/C12H16N4O3S/c1-4-19-10-5-6-13-8-11(10)20(17,18)15-12-7-9(2)14-16(12)3/h5-8,15H,4H2,1-3H3. The molecule has 0 saturated carbocycles. The van der Waals surface area contributed by atoms with Crippen LogP contribution in [0.3, 0.4) is 0 Å². The van der Waals surface area contributed by atoms with Gasteiger partial charge in [-0.2, -0.15) is 5.10 Å². The minimum absolute atomic E-state index is 0.000651. The molecule has 0 atom stereocenters. The fourth-order valence-corrected chi connectivity index (χ4v) is 2.91. The maximum absolute atomic E-state index is 12.4. The van der Waals surface area contributed by atoms with Crippen molar-refractivity contribution in [1.82, 2.24) is 14.8 Å². The number of hydrogen-bond donors (Lipinski definition) is 1. The van der Waals surface area contributed by atoms with E-state index in [4.69, 9.17) is 4.74 Å². The highest BCUT2D eigenvalue weighted by atomic mass is 32.2. The highest BCUT2D eigenvalue weighted by Gasteiger charge is 2.21. The molecule has 2 rings (SSSR count). The van der Waals surface area contributed by atoms with Crippen molar-refractivity contribution >= 4 is 15.8 Å². The molecule has 0 saturated heterocycles. The van der Waals surface area contributed by atoms with E-state index in [0.717, 1.165) is 5.69 Å². The van der Waals surface area contributed by atoms with Gasteiger partial charge in [-0.05, 0) is 19.9 Å². The van der Waals surface area contributed by atoms with E-state index in [1.54, 1.807) is 27.0 Å². The van der Waals surface area contributed by atoms with E-state index >= 15 is 0 Å². The lowest BCUT2D eigenvalue weighted by atomic mass is 10.4. The van der Waals surface area contributed by atoms with Gasteiger partial charge in [0.05, 0.1) is 18.5 Å². The summed E-state index contributed by atoms with van der Waals surface area (Å²) in [6, 6.07) is 3.17. The van der Waals surface area contributed by atoms with Crippen molar-refractivity contribution in [3.8, 4) is 5.75 Å². The van der Waals surface area contributed by atoms with E-state index in [0.29, 0.717) is 12.4 Å². The zero-order valence-electron chi connectivity index (χ0n) is 11.5. The Balaban J connectivity index is 2.38. The zero-order chi connectivity index (χ0) is 14.8. The Bertz CT molecular complexity index is 709. The fourth-order valence-electron chi connectivity index (χ4n) is 1.74. The molecule has 0 spiro atoms. The van der Waals surface area contributed by atoms with Crippen molar-refractivity contribution in [2.75, 3.05) is 11.3 Å². The Morgan fingerprint density at radius 1 is 1.45 bits per heavy atom. The first-order valence-corrected chi connectivity index (χ1v) is 7.52. The summed E-state index contributed by atoms with van der Waals surface area (Å²) in [5.74, 6) is 0.655. The molecule has 0 aromatic carbocycles. The van der Waals surface area contributed by atoms with Gasteiger partial charge in [0.15, 0.2) is 0 Å². The normalized spacial score (nSPS) is 11.3. The van der Waals surface area contributed by atoms with Crippen molar-refractivity contribution in [2.24, 2.45) is 7.05 Å².